The molecule has 0 aliphatic carbocycles. The monoisotopic (exact) mass is 323 g/mol. The standard InChI is InChI=1S/C20H25N3O/c1-2-21-13-16-8-10-23(11-9-16)20(24)19-12-18(14-22-15-19)17-6-4-3-5-7-17/h3-7,12,14-16,21H,2,8-11,13H2,1H3. The summed E-state index contributed by atoms with van der Waals surface area (Å²) >= 11 is 0. The van der Waals surface area contributed by atoms with Gasteiger partial charge in [-0.15, -0.1) is 0 Å². The summed E-state index contributed by atoms with van der Waals surface area (Å²) in [5.41, 5.74) is 2.76. The highest BCUT2D eigenvalue weighted by molar-refractivity contribution is 5.95. The van der Waals surface area contributed by atoms with Crippen molar-refractivity contribution < 1.29 is 4.79 Å². The van der Waals surface area contributed by atoms with E-state index < -0.39 is 0 Å². The second kappa shape index (κ2) is 8.06. The Bertz CT molecular complexity index is 664. The fraction of sp³-hybridized carbons (Fsp3) is 0.400. The summed E-state index contributed by atoms with van der Waals surface area (Å²) in [5, 5.41) is 3.41. The first kappa shape index (κ1) is 16.7. The molecule has 0 radical (unpaired) electrons. The van der Waals surface area contributed by atoms with E-state index in [0.29, 0.717) is 11.5 Å². The highest BCUT2D eigenvalue weighted by atomic mass is 16.2. The summed E-state index contributed by atoms with van der Waals surface area (Å²) in [6.45, 7) is 5.88. The fourth-order valence-corrected chi connectivity index (χ4v) is 3.22. The third kappa shape index (κ3) is 4.01. The van der Waals surface area contributed by atoms with Crippen molar-refractivity contribution in [3.05, 3.63) is 54.4 Å². The molecule has 1 N–H and O–H groups in total. The van der Waals surface area contributed by atoms with E-state index in [1.54, 1.807) is 6.20 Å². The first-order valence-electron chi connectivity index (χ1n) is 8.78. The number of aromatic nitrogens is 1. The SMILES string of the molecule is CCNCC1CCN(C(=O)c2cncc(-c3ccccc3)c2)CC1. The molecule has 1 aromatic heterocycles. The van der Waals surface area contributed by atoms with Crippen LogP contribution < -0.4 is 5.32 Å². The molecule has 1 saturated heterocycles. The lowest BCUT2D eigenvalue weighted by Gasteiger charge is -2.32. The Balaban J connectivity index is 1.66. The van der Waals surface area contributed by atoms with Crippen molar-refractivity contribution in [2.24, 2.45) is 5.92 Å². The molecule has 1 fully saturated rings. The van der Waals surface area contributed by atoms with Crippen LogP contribution in [0.3, 0.4) is 0 Å². The molecule has 2 aromatic rings. The number of nitrogens with zero attached hydrogens (tertiary/aromatic N) is 2. The van der Waals surface area contributed by atoms with Gasteiger partial charge in [-0.3, -0.25) is 9.78 Å². The third-order valence-corrected chi connectivity index (χ3v) is 4.68. The van der Waals surface area contributed by atoms with Gasteiger partial charge in [-0.1, -0.05) is 37.3 Å². The van der Waals surface area contributed by atoms with E-state index in [1.165, 1.54) is 0 Å². The summed E-state index contributed by atoms with van der Waals surface area (Å²) in [6.07, 6.45) is 5.64. The van der Waals surface area contributed by atoms with Crippen molar-refractivity contribution in [1.29, 1.82) is 0 Å². The van der Waals surface area contributed by atoms with E-state index in [-0.39, 0.29) is 5.91 Å². The Kier molecular flexibility index (Phi) is 5.59. The number of hydrogen-bond donors (Lipinski definition) is 1. The molecule has 126 valence electrons. The molecule has 1 aliphatic rings. The predicted octanol–water partition coefficient (Wildman–Crippen LogP) is 3.21. The molecule has 0 bridgehead atoms. The average Bonchev–Trinajstić information content (AvgIpc) is 2.67. The van der Waals surface area contributed by atoms with Crippen molar-refractivity contribution >= 4 is 5.91 Å². The van der Waals surface area contributed by atoms with Gasteiger partial charge in [-0.25, -0.2) is 0 Å². The van der Waals surface area contributed by atoms with E-state index in [2.05, 4.69) is 17.2 Å². The number of rotatable bonds is 5. The molecule has 1 aromatic carbocycles. The Morgan fingerprint density at radius 3 is 2.62 bits per heavy atom. The predicted molar refractivity (Wildman–Crippen MR) is 96.8 cm³/mol. The number of pyridine rings is 1. The number of piperidine rings is 1. The van der Waals surface area contributed by atoms with Crippen LogP contribution in [-0.2, 0) is 0 Å². The summed E-state index contributed by atoms with van der Waals surface area (Å²) in [7, 11) is 0. The van der Waals surface area contributed by atoms with Gasteiger partial charge in [-0.05, 0) is 43.5 Å². The van der Waals surface area contributed by atoms with E-state index >= 15 is 0 Å². The minimum Gasteiger partial charge on any atom is -0.339 e. The van der Waals surface area contributed by atoms with Gasteiger partial charge in [0.05, 0.1) is 5.56 Å². The van der Waals surface area contributed by atoms with Crippen LogP contribution in [0, 0.1) is 5.92 Å². The Morgan fingerprint density at radius 2 is 1.92 bits per heavy atom. The van der Waals surface area contributed by atoms with Crippen molar-refractivity contribution in [2.45, 2.75) is 19.8 Å². The Labute approximate surface area is 143 Å². The average molecular weight is 323 g/mol. The van der Waals surface area contributed by atoms with E-state index in [4.69, 9.17) is 0 Å². The number of likely N-dealkylation sites (tertiary alicyclic amines) is 1. The number of hydrogen-bond acceptors (Lipinski definition) is 3. The van der Waals surface area contributed by atoms with Crippen molar-refractivity contribution in [3.63, 3.8) is 0 Å². The van der Waals surface area contributed by atoms with Gasteiger partial charge in [0.2, 0.25) is 0 Å². The van der Waals surface area contributed by atoms with Crippen LogP contribution in [0.5, 0.6) is 0 Å². The minimum absolute atomic E-state index is 0.0992. The maximum atomic E-state index is 12.8. The zero-order valence-corrected chi connectivity index (χ0v) is 14.2. The van der Waals surface area contributed by atoms with Gasteiger partial charge >= 0.3 is 0 Å². The van der Waals surface area contributed by atoms with Crippen LogP contribution in [0.15, 0.2) is 48.8 Å². The highest BCUT2D eigenvalue weighted by Gasteiger charge is 2.23. The number of carbonyl (C=O) groups excluding carboxylic acids is 1. The first-order valence-corrected chi connectivity index (χ1v) is 8.78. The molecule has 4 heteroatoms. The zero-order chi connectivity index (χ0) is 16.8. The normalized spacial score (nSPS) is 15.5. The lowest BCUT2D eigenvalue weighted by atomic mass is 9.96. The van der Waals surface area contributed by atoms with E-state index in [9.17, 15) is 4.79 Å². The largest absolute Gasteiger partial charge is 0.339 e. The number of carbonyl (C=O) groups is 1. The maximum absolute atomic E-state index is 12.8. The molecule has 3 rings (SSSR count). The maximum Gasteiger partial charge on any atom is 0.255 e. The lowest BCUT2D eigenvalue weighted by molar-refractivity contribution is 0.0690. The second-order valence-electron chi connectivity index (χ2n) is 6.37. The molecule has 1 amide bonds. The van der Waals surface area contributed by atoms with Crippen LogP contribution in [0.1, 0.15) is 30.1 Å². The molecule has 0 unspecified atom stereocenters. The van der Waals surface area contributed by atoms with Crippen LogP contribution >= 0.6 is 0 Å². The summed E-state index contributed by atoms with van der Waals surface area (Å²) < 4.78 is 0. The summed E-state index contributed by atoms with van der Waals surface area (Å²) in [6, 6.07) is 12.0. The van der Waals surface area contributed by atoms with Crippen LogP contribution in [0.2, 0.25) is 0 Å². The number of amides is 1. The third-order valence-electron chi connectivity index (χ3n) is 4.68. The quantitative estimate of drug-likeness (QED) is 0.919. The molecule has 0 atom stereocenters. The lowest BCUT2D eigenvalue weighted by Crippen LogP contribution is -2.40. The smallest absolute Gasteiger partial charge is 0.255 e. The number of benzene rings is 1. The van der Waals surface area contributed by atoms with Gasteiger partial charge in [0.25, 0.3) is 5.91 Å². The van der Waals surface area contributed by atoms with Crippen molar-refractivity contribution in [2.75, 3.05) is 26.2 Å². The van der Waals surface area contributed by atoms with Crippen LogP contribution in [-0.4, -0.2) is 42.0 Å². The molecule has 2 heterocycles. The van der Waals surface area contributed by atoms with E-state index in [0.717, 1.165) is 50.1 Å². The summed E-state index contributed by atoms with van der Waals surface area (Å²) in [4.78, 5) is 19.0. The molecule has 4 nitrogen and oxygen atoms in total. The van der Waals surface area contributed by atoms with E-state index in [1.807, 2.05) is 47.5 Å². The second-order valence-corrected chi connectivity index (χ2v) is 6.37. The zero-order valence-electron chi connectivity index (χ0n) is 14.2. The summed E-state index contributed by atoms with van der Waals surface area (Å²) in [5.74, 6) is 0.782. The molecular formula is C20H25N3O. The van der Waals surface area contributed by atoms with Gasteiger partial charge in [0, 0.05) is 31.0 Å². The van der Waals surface area contributed by atoms with Gasteiger partial charge in [-0.2, -0.15) is 0 Å². The Morgan fingerprint density at radius 1 is 1.17 bits per heavy atom. The topological polar surface area (TPSA) is 45.2 Å². The van der Waals surface area contributed by atoms with Crippen LogP contribution in [0.4, 0.5) is 0 Å². The molecular weight excluding hydrogens is 298 g/mol. The highest BCUT2D eigenvalue weighted by Crippen LogP contribution is 2.22. The Hall–Kier alpha value is -2.20. The molecule has 24 heavy (non-hydrogen) atoms. The molecule has 1 aliphatic heterocycles. The minimum atomic E-state index is 0.0992. The van der Waals surface area contributed by atoms with Crippen molar-refractivity contribution in [3.8, 4) is 11.1 Å². The number of nitrogens with one attached hydrogen (secondary N) is 1. The van der Waals surface area contributed by atoms with Crippen molar-refractivity contribution in [1.82, 2.24) is 15.2 Å². The fourth-order valence-electron chi connectivity index (χ4n) is 3.22. The molecule has 0 saturated carbocycles. The molecule has 0 spiro atoms. The van der Waals surface area contributed by atoms with Crippen LogP contribution in [0.25, 0.3) is 11.1 Å². The van der Waals surface area contributed by atoms with Gasteiger partial charge in [0.1, 0.15) is 0 Å². The van der Waals surface area contributed by atoms with Gasteiger partial charge in [0.15, 0.2) is 0 Å². The van der Waals surface area contributed by atoms with Gasteiger partial charge < -0.3 is 10.2 Å². The first-order chi connectivity index (χ1) is 11.8.